The molecule has 0 radical (unpaired) electrons. The van der Waals surface area contributed by atoms with Gasteiger partial charge in [-0.05, 0) is 30.9 Å². The lowest BCUT2D eigenvalue weighted by Gasteiger charge is -2.12. The van der Waals surface area contributed by atoms with E-state index in [0.717, 1.165) is 25.7 Å². The number of amides is 1. The highest BCUT2D eigenvalue weighted by molar-refractivity contribution is 5.91. The first kappa shape index (κ1) is 14.7. The fourth-order valence-electron chi connectivity index (χ4n) is 2.46. The first-order chi connectivity index (χ1) is 9.42. The average molecular weight is 287 g/mol. The van der Waals surface area contributed by atoms with Crippen LogP contribution in [0.15, 0.2) is 24.3 Å². The zero-order valence-electron chi connectivity index (χ0n) is 10.9. The van der Waals surface area contributed by atoms with E-state index in [-0.39, 0.29) is 11.7 Å². The van der Waals surface area contributed by atoms with Gasteiger partial charge in [-0.2, -0.15) is 0 Å². The molecular weight excluding hydrogens is 271 g/mol. The number of alkyl halides is 3. The third-order valence-corrected chi connectivity index (χ3v) is 3.30. The maximum atomic E-state index is 12.1. The first-order valence-corrected chi connectivity index (χ1v) is 6.58. The van der Waals surface area contributed by atoms with Crippen LogP contribution in [0.1, 0.15) is 32.1 Å². The molecule has 1 aromatic carbocycles. The summed E-state index contributed by atoms with van der Waals surface area (Å²) >= 11 is 0. The van der Waals surface area contributed by atoms with E-state index in [0.29, 0.717) is 18.0 Å². The third-order valence-electron chi connectivity index (χ3n) is 3.30. The molecule has 0 aliphatic heterocycles. The van der Waals surface area contributed by atoms with Crippen LogP contribution >= 0.6 is 0 Å². The summed E-state index contributed by atoms with van der Waals surface area (Å²) in [5.41, 5.74) is 0.315. The quantitative estimate of drug-likeness (QED) is 0.905. The molecule has 0 saturated heterocycles. The molecular formula is C14H16F3NO2. The van der Waals surface area contributed by atoms with E-state index in [1.165, 1.54) is 24.3 Å². The minimum absolute atomic E-state index is 0.166. The fraction of sp³-hybridized carbons (Fsp3) is 0.500. The molecule has 0 bridgehead atoms. The Kier molecular flexibility index (Phi) is 4.52. The van der Waals surface area contributed by atoms with Crippen LogP contribution in [0.4, 0.5) is 18.9 Å². The topological polar surface area (TPSA) is 38.3 Å². The van der Waals surface area contributed by atoms with E-state index in [1.807, 2.05) is 0 Å². The SMILES string of the molecule is O=C(CC1CCCC1)Nc1cccc(OC(F)(F)F)c1. The van der Waals surface area contributed by atoms with Crippen molar-refractivity contribution < 1.29 is 22.7 Å². The second kappa shape index (κ2) is 6.15. The average Bonchev–Trinajstić information content (AvgIpc) is 2.79. The Labute approximate surface area is 115 Å². The van der Waals surface area contributed by atoms with Crippen LogP contribution in [0.2, 0.25) is 0 Å². The van der Waals surface area contributed by atoms with Crippen molar-refractivity contribution in [1.29, 1.82) is 0 Å². The van der Waals surface area contributed by atoms with Crippen molar-refractivity contribution in [2.45, 2.75) is 38.5 Å². The second-order valence-corrected chi connectivity index (χ2v) is 4.98. The number of ether oxygens (including phenoxy) is 1. The summed E-state index contributed by atoms with van der Waals surface area (Å²) in [4.78, 5) is 11.8. The number of rotatable bonds is 4. The van der Waals surface area contributed by atoms with Crippen molar-refractivity contribution in [3.63, 3.8) is 0 Å². The van der Waals surface area contributed by atoms with Gasteiger partial charge in [0.25, 0.3) is 0 Å². The van der Waals surface area contributed by atoms with E-state index in [9.17, 15) is 18.0 Å². The maximum Gasteiger partial charge on any atom is 0.573 e. The highest BCUT2D eigenvalue weighted by Crippen LogP contribution is 2.28. The Bertz CT molecular complexity index is 468. The largest absolute Gasteiger partial charge is 0.573 e. The van der Waals surface area contributed by atoms with Gasteiger partial charge < -0.3 is 10.1 Å². The molecule has 1 fully saturated rings. The van der Waals surface area contributed by atoms with Gasteiger partial charge in [0.1, 0.15) is 5.75 Å². The van der Waals surface area contributed by atoms with Gasteiger partial charge in [0.15, 0.2) is 0 Å². The Morgan fingerprint density at radius 3 is 2.65 bits per heavy atom. The molecule has 1 aliphatic carbocycles. The Hall–Kier alpha value is -1.72. The number of benzene rings is 1. The molecule has 1 N–H and O–H groups in total. The summed E-state index contributed by atoms with van der Waals surface area (Å²) < 4.78 is 40.1. The van der Waals surface area contributed by atoms with E-state index < -0.39 is 6.36 Å². The Morgan fingerprint density at radius 2 is 2.00 bits per heavy atom. The minimum Gasteiger partial charge on any atom is -0.406 e. The second-order valence-electron chi connectivity index (χ2n) is 4.98. The molecule has 2 rings (SSSR count). The molecule has 3 nitrogen and oxygen atoms in total. The summed E-state index contributed by atoms with van der Waals surface area (Å²) in [6, 6.07) is 5.31. The highest BCUT2D eigenvalue weighted by Gasteiger charge is 2.31. The molecule has 0 unspecified atom stereocenters. The van der Waals surface area contributed by atoms with Crippen LogP contribution in [0.3, 0.4) is 0 Å². The molecule has 20 heavy (non-hydrogen) atoms. The van der Waals surface area contributed by atoms with Gasteiger partial charge in [0.05, 0.1) is 0 Å². The predicted molar refractivity (Wildman–Crippen MR) is 68.3 cm³/mol. The molecule has 110 valence electrons. The zero-order valence-corrected chi connectivity index (χ0v) is 10.9. The first-order valence-electron chi connectivity index (χ1n) is 6.58. The molecule has 1 aliphatic rings. The summed E-state index contributed by atoms with van der Waals surface area (Å²) in [6.07, 6.45) is 0.0752. The summed E-state index contributed by atoms with van der Waals surface area (Å²) in [5.74, 6) is -0.109. The summed E-state index contributed by atoms with van der Waals surface area (Å²) in [7, 11) is 0. The zero-order chi connectivity index (χ0) is 14.6. The molecule has 1 saturated carbocycles. The molecule has 0 aromatic heterocycles. The molecule has 6 heteroatoms. The van der Waals surface area contributed by atoms with Crippen molar-refractivity contribution in [2.24, 2.45) is 5.92 Å². The van der Waals surface area contributed by atoms with E-state index in [1.54, 1.807) is 0 Å². The van der Waals surface area contributed by atoms with Crippen molar-refractivity contribution >= 4 is 11.6 Å². The van der Waals surface area contributed by atoms with Gasteiger partial charge >= 0.3 is 6.36 Å². The molecule has 0 spiro atoms. The van der Waals surface area contributed by atoms with Gasteiger partial charge in [-0.1, -0.05) is 18.9 Å². The van der Waals surface area contributed by atoms with E-state index >= 15 is 0 Å². The van der Waals surface area contributed by atoms with Crippen molar-refractivity contribution in [3.8, 4) is 5.75 Å². The van der Waals surface area contributed by atoms with Crippen LogP contribution in [-0.4, -0.2) is 12.3 Å². The van der Waals surface area contributed by atoms with Crippen LogP contribution in [0, 0.1) is 5.92 Å². The number of nitrogens with one attached hydrogen (secondary N) is 1. The normalized spacial score (nSPS) is 16.1. The number of carbonyl (C=O) groups excluding carboxylic acids is 1. The van der Waals surface area contributed by atoms with Crippen molar-refractivity contribution in [2.75, 3.05) is 5.32 Å². The minimum atomic E-state index is -4.73. The molecule has 0 atom stereocenters. The lowest BCUT2D eigenvalue weighted by molar-refractivity contribution is -0.274. The smallest absolute Gasteiger partial charge is 0.406 e. The van der Waals surface area contributed by atoms with Gasteiger partial charge in [-0.15, -0.1) is 13.2 Å². The van der Waals surface area contributed by atoms with E-state index in [4.69, 9.17) is 0 Å². The monoisotopic (exact) mass is 287 g/mol. The predicted octanol–water partition coefficient (Wildman–Crippen LogP) is 4.10. The third kappa shape index (κ3) is 4.75. The molecule has 1 amide bonds. The van der Waals surface area contributed by atoms with Gasteiger partial charge in [-0.3, -0.25) is 4.79 Å². The molecule has 1 aromatic rings. The maximum absolute atomic E-state index is 12.1. The van der Waals surface area contributed by atoms with Gasteiger partial charge in [0.2, 0.25) is 5.91 Å². The van der Waals surface area contributed by atoms with Gasteiger partial charge in [0, 0.05) is 18.2 Å². The Balaban J connectivity index is 1.91. The number of anilines is 1. The standard InChI is InChI=1S/C14H16F3NO2/c15-14(16,17)20-12-7-3-6-11(9-12)18-13(19)8-10-4-1-2-5-10/h3,6-7,9-10H,1-2,4-5,8H2,(H,18,19). The Morgan fingerprint density at radius 1 is 1.30 bits per heavy atom. The lowest BCUT2D eigenvalue weighted by atomic mass is 10.0. The number of hydrogen-bond acceptors (Lipinski definition) is 2. The number of halogens is 3. The molecule has 0 heterocycles. The van der Waals surface area contributed by atoms with E-state index in [2.05, 4.69) is 10.1 Å². The number of carbonyl (C=O) groups is 1. The van der Waals surface area contributed by atoms with Crippen LogP contribution in [0.25, 0.3) is 0 Å². The van der Waals surface area contributed by atoms with Gasteiger partial charge in [-0.25, -0.2) is 0 Å². The highest BCUT2D eigenvalue weighted by atomic mass is 19.4. The van der Waals surface area contributed by atoms with Crippen molar-refractivity contribution in [3.05, 3.63) is 24.3 Å². The van der Waals surface area contributed by atoms with Crippen LogP contribution in [0.5, 0.6) is 5.75 Å². The van der Waals surface area contributed by atoms with Crippen molar-refractivity contribution in [1.82, 2.24) is 0 Å². The number of hydrogen-bond donors (Lipinski definition) is 1. The lowest BCUT2D eigenvalue weighted by Crippen LogP contribution is -2.18. The summed E-state index contributed by atoms with van der Waals surface area (Å²) in [6.45, 7) is 0. The van der Waals surface area contributed by atoms with Crippen LogP contribution in [-0.2, 0) is 4.79 Å². The summed E-state index contributed by atoms with van der Waals surface area (Å²) in [5, 5.41) is 2.61. The fourth-order valence-corrected chi connectivity index (χ4v) is 2.46. The van der Waals surface area contributed by atoms with Crippen LogP contribution < -0.4 is 10.1 Å².